The Hall–Kier alpha value is -1.25. The summed E-state index contributed by atoms with van der Waals surface area (Å²) >= 11 is 0. The zero-order chi connectivity index (χ0) is 16.0. The zero-order valence-corrected chi connectivity index (χ0v) is 14.4. The van der Waals surface area contributed by atoms with Crippen molar-refractivity contribution in [3.8, 4) is 5.88 Å². The molecule has 0 saturated carbocycles. The molecule has 1 aromatic heterocycles. The van der Waals surface area contributed by atoms with Crippen molar-refractivity contribution in [1.82, 2.24) is 15.6 Å². The number of alkyl halides is 3. The first kappa shape index (κ1) is 22.8. The number of hydrogen-bond donors (Lipinski definition) is 2. The standard InChI is InChI=1S/C14H18F3N3O2.2ClH/c15-14(16,17)9-22-13-10(4-3-7-19-13)8-20-12(21)11-5-1-2-6-18-11;;/h3-4,7,11,18H,1-2,5-6,8-9H2,(H,20,21);2*1H. The van der Waals surface area contributed by atoms with Crippen molar-refractivity contribution in [1.29, 1.82) is 0 Å². The van der Waals surface area contributed by atoms with Crippen LogP contribution in [-0.4, -0.2) is 36.3 Å². The summed E-state index contributed by atoms with van der Waals surface area (Å²) in [4.78, 5) is 15.8. The molecule has 0 spiro atoms. The zero-order valence-electron chi connectivity index (χ0n) is 12.8. The molecule has 1 atom stereocenters. The molecule has 1 amide bonds. The summed E-state index contributed by atoms with van der Waals surface area (Å²) in [5.74, 6) is -0.276. The quantitative estimate of drug-likeness (QED) is 0.812. The van der Waals surface area contributed by atoms with Gasteiger partial charge in [0.25, 0.3) is 0 Å². The molecule has 0 bridgehead atoms. The average molecular weight is 390 g/mol. The topological polar surface area (TPSA) is 63.2 Å². The average Bonchev–Trinajstić information content (AvgIpc) is 2.51. The molecule has 10 heteroatoms. The van der Waals surface area contributed by atoms with Crippen LogP contribution in [0.15, 0.2) is 18.3 Å². The number of pyridine rings is 1. The third-order valence-corrected chi connectivity index (χ3v) is 3.30. The lowest BCUT2D eigenvalue weighted by atomic mass is 10.0. The number of piperidine rings is 1. The lowest BCUT2D eigenvalue weighted by Gasteiger charge is -2.22. The van der Waals surface area contributed by atoms with Crippen LogP contribution in [0.4, 0.5) is 13.2 Å². The fraction of sp³-hybridized carbons (Fsp3) is 0.571. The summed E-state index contributed by atoms with van der Waals surface area (Å²) in [5.41, 5.74) is 0.413. The number of carbonyl (C=O) groups excluding carboxylic acids is 1. The highest BCUT2D eigenvalue weighted by Crippen LogP contribution is 2.20. The van der Waals surface area contributed by atoms with E-state index >= 15 is 0 Å². The summed E-state index contributed by atoms with van der Waals surface area (Å²) in [5, 5.41) is 5.81. The van der Waals surface area contributed by atoms with Crippen LogP contribution in [-0.2, 0) is 11.3 Å². The third kappa shape index (κ3) is 7.55. The van der Waals surface area contributed by atoms with Gasteiger partial charge in [-0.25, -0.2) is 4.98 Å². The van der Waals surface area contributed by atoms with Crippen molar-refractivity contribution < 1.29 is 22.7 Å². The molecular weight excluding hydrogens is 370 g/mol. The van der Waals surface area contributed by atoms with E-state index in [0.29, 0.717) is 5.56 Å². The van der Waals surface area contributed by atoms with Gasteiger partial charge >= 0.3 is 6.18 Å². The van der Waals surface area contributed by atoms with Crippen LogP contribution in [0.5, 0.6) is 5.88 Å². The van der Waals surface area contributed by atoms with Gasteiger partial charge in [-0.05, 0) is 25.5 Å². The summed E-state index contributed by atoms with van der Waals surface area (Å²) in [7, 11) is 0. The number of halogens is 5. The summed E-state index contributed by atoms with van der Waals surface area (Å²) in [6.07, 6.45) is -0.292. The second kappa shape index (κ2) is 10.6. The molecule has 1 unspecified atom stereocenters. The Morgan fingerprint density at radius 3 is 2.75 bits per heavy atom. The van der Waals surface area contributed by atoms with Crippen molar-refractivity contribution in [2.45, 2.75) is 38.0 Å². The van der Waals surface area contributed by atoms with Crippen LogP contribution < -0.4 is 15.4 Å². The summed E-state index contributed by atoms with van der Waals surface area (Å²) < 4.78 is 41.3. The molecule has 1 aliphatic heterocycles. The normalized spacial score (nSPS) is 17.2. The first-order chi connectivity index (χ1) is 10.5. The van der Waals surface area contributed by atoms with Gasteiger partial charge in [-0.1, -0.05) is 12.5 Å². The van der Waals surface area contributed by atoms with Crippen LogP contribution >= 0.6 is 24.8 Å². The number of hydrogen-bond acceptors (Lipinski definition) is 4. The Balaban J connectivity index is 0.00000264. The molecule has 1 aromatic rings. The molecule has 1 fully saturated rings. The van der Waals surface area contributed by atoms with E-state index in [9.17, 15) is 18.0 Å². The van der Waals surface area contributed by atoms with Gasteiger partial charge in [-0.2, -0.15) is 13.2 Å². The van der Waals surface area contributed by atoms with Crippen molar-refractivity contribution >= 4 is 30.7 Å². The lowest BCUT2D eigenvalue weighted by Crippen LogP contribution is -2.46. The van der Waals surface area contributed by atoms with Crippen molar-refractivity contribution in [2.75, 3.05) is 13.2 Å². The van der Waals surface area contributed by atoms with Crippen LogP contribution in [0, 0.1) is 0 Å². The number of nitrogens with one attached hydrogen (secondary N) is 2. The number of aromatic nitrogens is 1. The molecular formula is C14H20Cl2F3N3O2. The second-order valence-corrected chi connectivity index (χ2v) is 5.09. The maximum atomic E-state index is 12.2. The van der Waals surface area contributed by atoms with Crippen molar-refractivity contribution in [2.24, 2.45) is 0 Å². The highest BCUT2D eigenvalue weighted by molar-refractivity contribution is 5.85. The third-order valence-electron chi connectivity index (χ3n) is 3.30. The minimum absolute atomic E-state index is 0. The molecule has 138 valence electrons. The van der Waals surface area contributed by atoms with Gasteiger partial charge in [-0.15, -0.1) is 24.8 Å². The van der Waals surface area contributed by atoms with E-state index in [-0.39, 0.29) is 49.2 Å². The molecule has 5 nitrogen and oxygen atoms in total. The van der Waals surface area contributed by atoms with Crippen LogP contribution in [0.1, 0.15) is 24.8 Å². The smallest absolute Gasteiger partial charge is 0.422 e. The number of rotatable bonds is 5. The minimum atomic E-state index is -4.43. The molecule has 24 heavy (non-hydrogen) atoms. The maximum Gasteiger partial charge on any atom is 0.422 e. The van der Waals surface area contributed by atoms with Gasteiger partial charge in [-0.3, -0.25) is 4.79 Å². The van der Waals surface area contributed by atoms with Gasteiger partial charge < -0.3 is 15.4 Å². The highest BCUT2D eigenvalue weighted by Gasteiger charge is 2.29. The van der Waals surface area contributed by atoms with Gasteiger partial charge in [0.15, 0.2) is 6.61 Å². The van der Waals surface area contributed by atoms with Gasteiger partial charge in [0.05, 0.1) is 6.04 Å². The fourth-order valence-electron chi connectivity index (χ4n) is 2.22. The van der Waals surface area contributed by atoms with E-state index in [1.54, 1.807) is 12.1 Å². The molecule has 0 aliphatic carbocycles. The van der Waals surface area contributed by atoms with Gasteiger partial charge in [0.2, 0.25) is 11.8 Å². The van der Waals surface area contributed by atoms with Gasteiger partial charge in [0, 0.05) is 18.3 Å². The predicted molar refractivity (Wildman–Crippen MR) is 87.8 cm³/mol. The van der Waals surface area contributed by atoms with Crippen LogP contribution in [0.3, 0.4) is 0 Å². The van der Waals surface area contributed by atoms with E-state index in [1.807, 2.05) is 0 Å². The number of carbonyl (C=O) groups is 1. The monoisotopic (exact) mass is 389 g/mol. The molecule has 1 aliphatic rings. The second-order valence-electron chi connectivity index (χ2n) is 5.09. The Labute approximate surface area is 150 Å². The molecule has 2 N–H and O–H groups in total. The van der Waals surface area contributed by atoms with E-state index in [0.717, 1.165) is 25.8 Å². The van der Waals surface area contributed by atoms with Crippen molar-refractivity contribution in [3.63, 3.8) is 0 Å². The predicted octanol–water partition coefficient (Wildman–Crippen LogP) is 2.62. The lowest BCUT2D eigenvalue weighted by molar-refractivity contribution is -0.154. The molecule has 2 rings (SSSR count). The number of ether oxygens (including phenoxy) is 1. The van der Waals surface area contributed by atoms with E-state index < -0.39 is 12.8 Å². The Morgan fingerprint density at radius 2 is 2.12 bits per heavy atom. The van der Waals surface area contributed by atoms with Gasteiger partial charge in [0.1, 0.15) is 0 Å². The fourth-order valence-corrected chi connectivity index (χ4v) is 2.22. The maximum absolute atomic E-state index is 12.2. The van der Waals surface area contributed by atoms with Crippen molar-refractivity contribution in [3.05, 3.63) is 23.9 Å². The molecule has 2 heterocycles. The highest BCUT2D eigenvalue weighted by atomic mass is 35.5. The Bertz CT molecular complexity index is 512. The van der Waals surface area contributed by atoms with Crippen LogP contribution in [0.2, 0.25) is 0 Å². The van der Waals surface area contributed by atoms with E-state index in [4.69, 9.17) is 0 Å². The minimum Gasteiger partial charge on any atom is -0.468 e. The molecule has 1 saturated heterocycles. The largest absolute Gasteiger partial charge is 0.468 e. The number of nitrogens with zero attached hydrogens (tertiary/aromatic N) is 1. The molecule has 0 aromatic carbocycles. The summed E-state index contributed by atoms with van der Waals surface area (Å²) in [6, 6.07) is 2.92. The Morgan fingerprint density at radius 1 is 1.38 bits per heavy atom. The summed E-state index contributed by atoms with van der Waals surface area (Å²) in [6.45, 7) is -0.530. The van der Waals surface area contributed by atoms with E-state index in [2.05, 4.69) is 20.4 Å². The molecule has 0 radical (unpaired) electrons. The Kier molecular flexibility index (Phi) is 10.0. The van der Waals surface area contributed by atoms with Crippen LogP contribution in [0.25, 0.3) is 0 Å². The first-order valence-electron chi connectivity index (χ1n) is 7.10. The van der Waals surface area contributed by atoms with E-state index in [1.165, 1.54) is 6.20 Å². The number of amides is 1. The SMILES string of the molecule is Cl.Cl.O=C(NCc1cccnc1OCC(F)(F)F)C1CCCCN1. The first-order valence-corrected chi connectivity index (χ1v) is 7.10.